The van der Waals surface area contributed by atoms with E-state index in [2.05, 4.69) is 15.5 Å². The number of hydrogen-bond donors (Lipinski definition) is 1. The molecule has 0 spiro atoms. The van der Waals surface area contributed by atoms with Gasteiger partial charge < -0.3 is 10.5 Å². The van der Waals surface area contributed by atoms with Gasteiger partial charge in [-0.05, 0) is 29.0 Å². The van der Waals surface area contributed by atoms with E-state index in [9.17, 15) is 0 Å². The van der Waals surface area contributed by atoms with Crippen molar-refractivity contribution in [3.8, 4) is 5.69 Å². The Morgan fingerprint density at radius 3 is 2.89 bits per heavy atom. The molecule has 2 aromatic rings. The van der Waals surface area contributed by atoms with Gasteiger partial charge in [-0.1, -0.05) is 18.2 Å². The molecule has 1 unspecified atom stereocenters. The highest BCUT2D eigenvalue weighted by Crippen LogP contribution is 2.20. The molecule has 3 rings (SSSR count). The third kappa shape index (κ3) is 2.12. The molecule has 1 aliphatic heterocycles. The molecule has 1 aromatic carbocycles. The maximum atomic E-state index is 6.26. The van der Waals surface area contributed by atoms with Crippen molar-refractivity contribution >= 4 is 0 Å². The van der Waals surface area contributed by atoms with Crippen LogP contribution in [0, 0.1) is 0 Å². The third-order valence-corrected chi connectivity index (χ3v) is 3.18. The summed E-state index contributed by atoms with van der Waals surface area (Å²) in [6, 6.07) is 9.81. The number of para-hydroxylation sites is 1. The second kappa shape index (κ2) is 4.47. The van der Waals surface area contributed by atoms with Gasteiger partial charge in [0.1, 0.15) is 0 Å². The van der Waals surface area contributed by atoms with E-state index in [1.165, 1.54) is 0 Å². The Morgan fingerprint density at radius 2 is 2.17 bits per heavy atom. The first-order valence-corrected chi connectivity index (χ1v) is 5.96. The molecule has 0 amide bonds. The fourth-order valence-electron chi connectivity index (χ4n) is 2.16. The van der Waals surface area contributed by atoms with E-state index in [1.807, 2.05) is 30.3 Å². The molecule has 0 aliphatic carbocycles. The van der Waals surface area contributed by atoms with Crippen LogP contribution in [0.4, 0.5) is 0 Å². The van der Waals surface area contributed by atoms with Crippen LogP contribution in [0.15, 0.2) is 30.3 Å². The van der Waals surface area contributed by atoms with Crippen molar-refractivity contribution < 1.29 is 4.74 Å². The second-order valence-corrected chi connectivity index (χ2v) is 4.68. The summed E-state index contributed by atoms with van der Waals surface area (Å²) in [5.41, 5.74) is 6.86. The normalized spacial score (nSPS) is 23.4. The van der Waals surface area contributed by atoms with Crippen LogP contribution in [0.3, 0.4) is 0 Å². The molecule has 18 heavy (non-hydrogen) atoms. The van der Waals surface area contributed by atoms with E-state index < -0.39 is 0 Å². The number of nitrogens with two attached hydrogens (primary N) is 1. The van der Waals surface area contributed by atoms with Gasteiger partial charge in [0.2, 0.25) is 0 Å². The Morgan fingerprint density at radius 1 is 1.33 bits per heavy atom. The van der Waals surface area contributed by atoms with Gasteiger partial charge in [-0.3, -0.25) is 0 Å². The predicted octanol–water partition coefficient (Wildman–Crippen LogP) is 0.323. The zero-order valence-corrected chi connectivity index (χ0v) is 9.99. The number of ether oxygens (including phenoxy) is 1. The lowest BCUT2D eigenvalue weighted by Gasteiger charge is -2.20. The number of tetrazole rings is 1. The van der Waals surface area contributed by atoms with E-state index in [-0.39, 0.29) is 5.54 Å². The molecule has 0 radical (unpaired) electrons. The molecule has 6 nitrogen and oxygen atoms in total. The highest BCUT2D eigenvalue weighted by molar-refractivity contribution is 5.30. The lowest BCUT2D eigenvalue weighted by atomic mass is 9.95. The molecule has 94 valence electrons. The molecule has 2 heterocycles. The summed E-state index contributed by atoms with van der Waals surface area (Å²) in [5.74, 6) is 0.772. The highest BCUT2D eigenvalue weighted by Gasteiger charge is 2.32. The first kappa shape index (κ1) is 11.3. The van der Waals surface area contributed by atoms with Crippen LogP contribution >= 0.6 is 0 Å². The summed E-state index contributed by atoms with van der Waals surface area (Å²) >= 11 is 0. The largest absolute Gasteiger partial charge is 0.379 e. The fraction of sp³-hybridized carbons (Fsp3) is 0.417. The SMILES string of the molecule is NC1(Cc2nnnn2-c2ccccc2)CCOC1. The molecule has 1 saturated heterocycles. The summed E-state index contributed by atoms with van der Waals surface area (Å²) in [7, 11) is 0. The molecule has 0 saturated carbocycles. The van der Waals surface area contributed by atoms with Crippen molar-refractivity contribution in [3.63, 3.8) is 0 Å². The highest BCUT2D eigenvalue weighted by atomic mass is 16.5. The maximum Gasteiger partial charge on any atom is 0.158 e. The van der Waals surface area contributed by atoms with Crippen LogP contribution < -0.4 is 5.73 Å². The summed E-state index contributed by atoms with van der Waals surface area (Å²) < 4.78 is 7.08. The molecule has 6 heteroatoms. The lowest BCUT2D eigenvalue weighted by molar-refractivity contribution is 0.177. The maximum absolute atomic E-state index is 6.26. The lowest BCUT2D eigenvalue weighted by Crippen LogP contribution is -2.43. The number of benzene rings is 1. The van der Waals surface area contributed by atoms with Crippen molar-refractivity contribution in [1.82, 2.24) is 20.2 Å². The van der Waals surface area contributed by atoms with Gasteiger partial charge >= 0.3 is 0 Å². The van der Waals surface area contributed by atoms with E-state index >= 15 is 0 Å². The van der Waals surface area contributed by atoms with Crippen molar-refractivity contribution in [1.29, 1.82) is 0 Å². The number of nitrogens with zero attached hydrogens (tertiary/aromatic N) is 4. The minimum Gasteiger partial charge on any atom is -0.379 e. The number of aromatic nitrogens is 4. The Bertz CT molecular complexity index is 518. The fourth-order valence-corrected chi connectivity index (χ4v) is 2.16. The third-order valence-electron chi connectivity index (χ3n) is 3.18. The molecule has 1 fully saturated rings. The van der Waals surface area contributed by atoms with Gasteiger partial charge in [0.15, 0.2) is 5.82 Å². The predicted molar refractivity (Wildman–Crippen MR) is 65.2 cm³/mol. The minimum absolute atomic E-state index is 0.346. The average Bonchev–Trinajstić information content (AvgIpc) is 3.00. The van der Waals surface area contributed by atoms with Crippen molar-refractivity contribution in [2.75, 3.05) is 13.2 Å². The molecule has 2 N–H and O–H groups in total. The van der Waals surface area contributed by atoms with E-state index in [0.29, 0.717) is 19.6 Å². The smallest absolute Gasteiger partial charge is 0.158 e. The number of hydrogen-bond acceptors (Lipinski definition) is 5. The topological polar surface area (TPSA) is 78.9 Å². The monoisotopic (exact) mass is 245 g/mol. The molecular formula is C12H15N5O. The first-order chi connectivity index (χ1) is 8.77. The molecular weight excluding hydrogens is 230 g/mol. The van der Waals surface area contributed by atoms with Gasteiger partial charge in [0, 0.05) is 18.6 Å². The van der Waals surface area contributed by atoms with Gasteiger partial charge in [-0.2, -0.15) is 4.68 Å². The zero-order valence-electron chi connectivity index (χ0n) is 9.99. The summed E-state index contributed by atoms with van der Waals surface area (Å²) in [4.78, 5) is 0. The van der Waals surface area contributed by atoms with Crippen molar-refractivity contribution in [3.05, 3.63) is 36.2 Å². The molecule has 0 bridgehead atoms. The Hall–Kier alpha value is -1.79. The average molecular weight is 245 g/mol. The summed E-state index contributed by atoms with van der Waals surface area (Å²) in [6.45, 7) is 1.28. The van der Waals surface area contributed by atoms with Gasteiger partial charge in [-0.25, -0.2) is 0 Å². The van der Waals surface area contributed by atoms with Crippen LogP contribution in [0.5, 0.6) is 0 Å². The second-order valence-electron chi connectivity index (χ2n) is 4.68. The Balaban J connectivity index is 1.88. The summed E-state index contributed by atoms with van der Waals surface area (Å²) in [6.07, 6.45) is 1.46. The van der Waals surface area contributed by atoms with Gasteiger partial charge in [-0.15, -0.1) is 5.10 Å². The van der Waals surface area contributed by atoms with Crippen molar-refractivity contribution in [2.45, 2.75) is 18.4 Å². The van der Waals surface area contributed by atoms with E-state index in [4.69, 9.17) is 10.5 Å². The first-order valence-electron chi connectivity index (χ1n) is 5.96. The molecule has 1 aromatic heterocycles. The molecule has 1 atom stereocenters. The van der Waals surface area contributed by atoms with Crippen LogP contribution in [0.25, 0.3) is 5.69 Å². The van der Waals surface area contributed by atoms with Crippen molar-refractivity contribution in [2.24, 2.45) is 5.73 Å². The molecule has 1 aliphatic rings. The zero-order chi connectivity index (χ0) is 12.4. The summed E-state index contributed by atoms with van der Waals surface area (Å²) in [5, 5.41) is 11.8. The standard InChI is InChI=1S/C12H15N5O/c13-12(6-7-18-9-12)8-11-14-15-16-17(11)10-4-2-1-3-5-10/h1-5H,6-9,13H2. The Kier molecular flexibility index (Phi) is 2.81. The van der Waals surface area contributed by atoms with Gasteiger partial charge in [0.05, 0.1) is 12.3 Å². The Labute approximate surface area is 105 Å². The van der Waals surface area contributed by atoms with Crippen LogP contribution in [-0.2, 0) is 11.2 Å². The quantitative estimate of drug-likeness (QED) is 0.842. The van der Waals surface area contributed by atoms with Gasteiger partial charge in [0.25, 0.3) is 0 Å². The van der Waals surface area contributed by atoms with E-state index in [1.54, 1.807) is 4.68 Å². The van der Waals surface area contributed by atoms with Crippen LogP contribution in [-0.4, -0.2) is 39.0 Å². The van der Waals surface area contributed by atoms with E-state index in [0.717, 1.165) is 17.9 Å². The van der Waals surface area contributed by atoms with Crippen LogP contribution in [0.2, 0.25) is 0 Å². The number of rotatable bonds is 3. The minimum atomic E-state index is -0.346. The van der Waals surface area contributed by atoms with Crippen LogP contribution in [0.1, 0.15) is 12.2 Å².